The summed E-state index contributed by atoms with van der Waals surface area (Å²) in [4.78, 5) is 45.4. The van der Waals surface area contributed by atoms with E-state index in [0.29, 0.717) is 57.1 Å². The summed E-state index contributed by atoms with van der Waals surface area (Å²) in [6, 6.07) is 7.14. The van der Waals surface area contributed by atoms with Crippen molar-refractivity contribution in [1.82, 2.24) is 14.7 Å². The SMILES string of the molecule is CN(C(=O)OC1C=C=C(F)C=C1)[C@@H]1CN(C(=O)C2CCN(C(=O)C3CCOC(C)(C)C3)CC2)C[C@H]1c1ccc(Cl)cc1. The van der Waals surface area contributed by atoms with Gasteiger partial charge in [-0.25, -0.2) is 4.79 Å². The largest absolute Gasteiger partial charge is 0.437 e. The summed E-state index contributed by atoms with van der Waals surface area (Å²) in [7, 11) is 1.66. The number of hydrogen-bond donors (Lipinski definition) is 0. The molecule has 2 unspecified atom stereocenters. The van der Waals surface area contributed by atoms with Gasteiger partial charge in [0.15, 0.2) is 5.83 Å². The van der Waals surface area contributed by atoms with Gasteiger partial charge in [0.05, 0.1) is 11.6 Å². The summed E-state index contributed by atoms with van der Waals surface area (Å²) in [6.45, 7) is 6.59. The lowest BCUT2D eigenvalue weighted by Crippen LogP contribution is -2.48. The fourth-order valence-electron chi connectivity index (χ4n) is 6.56. The number of carbonyl (C=O) groups is 3. The first-order valence-corrected chi connectivity index (χ1v) is 15.1. The van der Waals surface area contributed by atoms with E-state index in [-0.39, 0.29) is 41.2 Å². The molecule has 5 rings (SSSR count). The monoisotopic (exact) mass is 599 g/mol. The van der Waals surface area contributed by atoms with Crippen LogP contribution in [0.1, 0.15) is 51.0 Å². The van der Waals surface area contributed by atoms with E-state index in [0.717, 1.165) is 12.0 Å². The minimum absolute atomic E-state index is 0.0367. The van der Waals surface area contributed by atoms with E-state index in [1.165, 1.54) is 23.1 Å². The predicted molar refractivity (Wildman–Crippen MR) is 156 cm³/mol. The van der Waals surface area contributed by atoms with Crippen molar-refractivity contribution in [3.63, 3.8) is 0 Å². The average molecular weight is 600 g/mol. The van der Waals surface area contributed by atoms with Gasteiger partial charge in [-0.1, -0.05) is 29.5 Å². The van der Waals surface area contributed by atoms with E-state index in [1.54, 1.807) is 7.05 Å². The number of hydrogen-bond acceptors (Lipinski definition) is 5. The highest BCUT2D eigenvalue weighted by molar-refractivity contribution is 6.30. The second-order valence-electron chi connectivity index (χ2n) is 12.3. The zero-order valence-electron chi connectivity index (χ0n) is 24.4. The van der Waals surface area contributed by atoms with Crippen LogP contribution >= 0.6 is 11.6 Å². The summed E-state index contributed by atoms with van der Waals surface area (Å²) in [5.74, 6) is -0.659. The molecule has 0 spiro atoms. The fraction of sp³-hybridized carbons (Fsp3) is 0.562. The van der Waals surface area contributed by atoms with Crippen LogP contribution in [-0.2, 0) is 19.1 Å². The van der Waals surface area contributed by atoms with E-state index in [1.807, 2.05) is 47.9 Å². The molecule has 0 bridgehead atoms. The van der Waals surface area contributed by atoms with Gasteiger partial charge in [0, 0.05) is 68.7 Å². The first kappa shape index (κ1) is 30.3. The van der Waals surface area contributed by atoms with Gasteiger partial charge in [0.1, 0.15) is 6.10 Å². The van der Waals surface area contributed by atoms with Crippen LogP contribution in [-0.4, -0.2) is 90.2 Å². The second kappa shape index (κ2) is 12.6. The lowest BCUT2D eigenvalue weighted by Gasteiger charge is -2.39. The van der Waals surface area contributed by atoms with Crippen LogP contribution in [0, 0.1) is 11.8 Å². The van der Waals surface area contributed by atoms with Gasteiger partial charge in [0.2, 0.25) is 11.8 Å². The molecule has 0 radical (unpaired) electrons. The number of amides is 3. The molecular weight excluding hydrogens is 561 g/mol. The Bertz CT molecular complexity index is 1280. The number of likely N-dealkylation sites (N-methyl/N-ethyl adjacent to an activating group) is 1. The van der Waals surface area contributed by atoms with Crippen molar-refractivity contribution < 1.29 is 28.2 Å². The molecule has 1 aromatic rings. The van der Waals surface area contributed by atoms with Crippen molar-refractivity contribution in [2.75, 3.05) is 39.8 Å². The van der Waals surface area contributed by atoms with Gasteiger partial charge >= 0.3 is 6.09 Å². The number of carbonyl (C=O) groups excluding carboxylic acids is 3. The van der Waals surface area contributed by atoms with Crippen LogP contribution < -0.4 is 0 Å². The predicted octanol–water partition coefficient (Wildman–Crippen LogP) is 5.09. The highest BCUT2D eigenvalue weighted by Crippen LogP contribution is 2.35. The summed E-state index contributed by atoms with van der Waals surface area (Å²) in [6.07, 6.45) is 5.44. The smallest absolute Gasteiger partial charge is 0.410 e. The topological polar surface area (TPSA) is 79.4 Å². The Balaban J connectivity index is 1.23. The van der Waals surface area contributed by atoms with E-state index >= 15 is 0 Å². The van der Waals surface area contributed by atoms with Crippen molar-refractivity contribution >= 4 is 29.5 Å². The molecular formula is C32H39ClFN3O5. The number of nitrogens with zero attached hydrogens (tertiary/aromatic N) is 3. The Hall–Kier alpha value is -3.13. The molecule has 226 valence electrons. The molecule has 3 aliphatic heterocycles. The molecule has 1 aliphatic carbocycles. The third-order valence-corrected chi connectivity index (χ3v) is 9.19. The maximum atomic E-state index is 13.8. The summed E-state index contributed by atoms with van der Waals surface area (Å²) < 4.78 is 24.6. The number of benzene rings is 1. The molecule has 8 nitrogen and oxygen atoms in total. The minimum Gasteiger partial charge on any atom is -0.437 e. The summed E-state index contributed by atoms with van der Waals surface area (Å²) in [5, 5.41) is 0.607. The van der Waals surface area contributed by atoms with Crippen LogP contribution in [0.25, 0.3) is 0 Å². The van der Waals surface area contributed by atoms with Crippen molar-refractivity contribution in [3.05, 3.63) is 64.6 Å². The normalized spacial score (nSPS) is 27.5. The summed E-state index contributed by atoms with van der Waals surface area (Å²) >= 11 is 6.14. The number of allylic oxidation sites excluding steroid dienone is 1. The molecule has 3 amide bonds. The number of ether oxygens (including phenoxy) is 2. The highest BCUT2D eigenvalue weighted by atomic mass is 35.5. The average Bonchev–Trinajstić information content (AvgIpc) is 3.42. The standard InChI is InChI=1S/C32H39ClFN3O5/c1-32(2)18-23(14-17-41-32)30(39)36-15-12-22(13-16-36)29(38)37-19-27(21-4-6-24(33)7-5-21)28(20-37)35(3)31(40)42-26-10-8-25(34)9-11-26/h4-8,10-11,22-23,26-28H,12-20H2,1-3H3/t23?,26?,27-,28+/m0/s1. The van der Waals surface area contributed by atoms with Gasteiger partial charge in [-0.3, -0.25) is 9.59 Å². The van der Waals surface area contributed by atoms with Crippen LogP contribution in [0.5, 0.6) is 0 Å². The van der Waals surface area contributed by atoms with E-state index < -0.39 is 18.0 Å². The fourth-order valence-corrected chi connectivity index (χ4v) is 6.68. The molecule has 10 heteroatoms. The lowest BCUT2D eigenvalue weighted by atomic mass is 9.86. The number of halogens is 2. The van der Waals surface area contributed by atoms with Crippen molar-refractivity contribution in [2.24, 2.45) is 11.8 Å². The van der Waals surface area contributed by atoms with Crippen LogP contribution in [0.2, 0.25) is 5.02 Å². The maximum Gasteiger partial charge on any atom is 0.410 e. The van der Waals surface area contributed by atoms with E-state index in [9.17, 15) is 18.8 Å². The third-order valence-electron chi connectivity index (χ3n) is 8.94. The molecule has 4 atom stereocenters. The molecule has 42 heavy (non-hydrogen) atoms. The Morgan fingerprint density at radius 2 is 1.74 bits per heavy atom. The van der Waals surface area contributed by atoms with Crippen LogP contribution in [0.4, 0.5) is 9.18 Å². The van der Waals surface area contributed by atoms with E-state index in [2.05, 4.69) is 5.73 Å². The molecule has 3 fully saturated rings. The van der Waals surface area contributed by atoms with Gasteiger partial charge in [-0.05, 0) is 69.4 Å². The van der Waals surface area contributed by atoms with Crippen molar-refractivity contribution in [3.8, 4) is 0 Å². The quantitative estimate of drug-likeness (QED) is 0.441. The highest BCUT2D eigenvalue weighted by Gasteiger charge is 2.43. The zero-order valence-corrected chi connectivity index (χ0v) is 25.2. The molecule has 3 heterocycles. The second-order valence-corrected chi connectivity index (χ2v) is 12.8. The number of piperidine rings is 1. The van der Waals surface area contributed by atoms with Crippen LogP contribution in [0.15, 0.2) is 54.1 Å². The third kappa shape index (κ3) is 6.91. The van der Waals surface area contributed by atoms with Gasteiger partial charge in [-0.15, -0.1) is 0 Å². The number of likely N-dealkylation sites (tertiary alicyclic amines) is 2. The van der Waals surface area contributed by atoms with E-state index in [4.69, 9.17) is 21.1 Å². The summed E-state index contributed by atoms with van der Waals surface area (Å²) in [5.41, 5.74) is 3.10. The lowest BCUT2D eigenvalue weighted by molar-refractivity contribution is -0.148. The Morgan fingerprint density at radius 1 is 1.05 bits per heavy atom. The molecule has 4 aliphatic rings. The maximum absolute atomic E-state index is 13.8. The van der Waals surface area contributed by atoms with Crippen molar-refractivity contribution in [1.29, 1.82) is 0 Å². The Morgan fingerprint density at radius 3 is 2.38 bits per heavy atom. The Kier molecular flexibility index (Phi) is 9.11. The molecule has 1 aromatic carbocycles. The first-order valence-electron chi connectivity index (χ1n) is 14.7. The molecule has 0 aromatic heterocycles. The van der Waals surface area contributed by atoms with Gasteiger partial charge < -0.3 is 24.2 Å². The van der Waals surface area contributed by atoms with Gasteiger partial charge in [0.25, 0.3) is 0 Å². The molecule has 3 saturated heterocycles. The van der Waals surface area contributed by atoms with Crippen molar-refractivity contribution in [2.45, 2.75) is 63.2 Å². The number of rotatable bonds is 5. The van der Waals surface area contributed by atoms with Gasteiger partial charge in [-0.2, -0.15) is 4.39 Å². The van der Waals surface area contributed by atoms with Crippen LogP contribution in [0.3, 0.4) is 0 Å². The Labute approximate surface area is 251 Å². The zero-order chi connectivity index (χ0) is 30.0. The minimum atomic E-state index is -0.715. The molecule has 0 N–H and O–H groups in total. The molecule has 0 saturated carbocycles. The first-order chi connectivity index (χ1) is 20.0.